The highest BCUT2D eigenvalue weighted by atomic mass is 79.9. The van der Waals surface area contributed by atoms with E-state index in [2.05, 4.69) is 47.8 Å². The van der Waals surface area contributed by atoms with Gasteiger partial charge in [-0.05, 0) is 65.1 Å². The molecule has 0 saturated heterocycles. The van der Waals surface area contributed by atoms with Crippen molar-refractivity contribution in [3.05, 3.63) is 0 Å². The molecule has 7 heteroatoms. The highest BCUT2D eigenvalue weighted by Gasteiger charge is 3.13. The second kappa shape index (κ2) is 3.77. The Hall–Kier alpha value is 0.380. The average molecular weight is 613 g/mol. The molecule has 31 heavy (non-hydrogen) atoms. The molecule has 0 aromatic carbocycles. The Morgan fingerprint density at radius 3 is 1.77 bits per heavy atom. The van der Waals surface area contributed by atoms with Gasteiger partial charge in [0.2, 0.25) is 0 Å². The second-order valence-electron chi connectivity index (χ2n) is 13.2. The molecule has 0 heterocycles. The molecule has 0 aromatic rings. The van der Waals surface area contributed by atoms with Crippen molar-refractivity contribution >= 4 is 59.7 Å². The van der Waals surface area contributed by atoms with Gasteiger partial charge in [0.05, 0.1) is 8.65 Å². The van der Waals surface area contributed by atoms with Crippen LogP contribution in [-0.4, -0.2) is 36.1 Å². The summed E-state index contributed by atoms with van der Waals surface area (Å²) in [5, 5.41) is 0. The van der Waals surface area contributed by atoms with Gasteiger partial charge in [0.15, 0.2) is 0 Å². The summed E-state index contributed by atoms with van der Waals surface area (Å²) in [5.74, 6) is 8.10. The van der Waals surface area contributed by atoms with Crippen molar-refractivity contribution in [3.63, 3.8) is 0 Å². The minimum atomic E-state index is -0.355. The third-order valence-electron chi connectivity index (χ3n) is 14.2. The van der Waals surface area contributed by atoms with Gasteiger partial charge in [-0.25, -0.2) is 0 Å². The van der Waals surface area contributed by atoms with Crippen LogP contribution >= 0.6 is 47.8 Å². The number of halogens is 3. The number of hydrogen-bond acceptors (Lipinski definition) is 4. The normalized spacial score (nSPS) is 85.5. The number of hydrogen-bond donors (Lipinski definition) is 0. The van der Waals surface area contributed by atoms with Gasteiger partial charge >= 0.3 is 11.9 Å². The second-order valence-corrected chi connectivity index (χ2v) is 17.2. The number of alkyl halides is 3. The first-order valence-corrected chi connectivity index (χ1v) is 14.5. The molecule has 0 unspecified atom stereocenters. The number of ether oxygens (including phenoxy) is 2. The van der Waals surface area contributed by atoms with E-state index in [0.29, 0.717) is 88.8 Å². The van der Waals surface area contributed by atoms with E-state index in [1.54, 1.807) is 13.8 Å². The molecule has 0 aliphatic heterocycles. The maximum absolute atomic E-state index is 12.7. The first-order valence-electron chi connectivity index (χ1n) is 12.1. The maximum atomic E-state index is 12.7. The van der Waals surface area contributed by atoms with Crippen LogP contribution in [0.5, 0.6) is 0 Å². The zero-order chi connectivity index (χ0) is 20.7. The van der Waals surface area contributed by atoms with E-state index in [9.17, 15) is 9.59 Å². The summed E-state index contributed by atoms with van der Waals surface area (Å²) in [5.41, 5.74) is -0.679. The zero-order valence-electron chi connectivity index (χ0n) is 16.9. The summed E-state index contributed by atoms with van der Waals surface area (Å²) >= 11 is 13.5. The van der Waals surface area contributed by atoms with Crippen LogP contribution in [0.15, 0.2) is 0 Å². The van der Waals surface area contributed by atoms with Gasteiger partial charge in [-0.15, -0.1) is 0 Å². The first kappa shape index (κ1) is 16.9. The molecule has 20 atom stereocenters. The standard InChI is InChI=1S/C24H21Br3O4/c1-3(28)30-23-13-5-6-12-7-9-15(21(23,26)11(5)7)17-16(23)10-8(13)14(6)24(31-4(2)29)19(10)20(17,25)18(9)22(12,24)27/h5-19H,1-2H3/t5-,6+,7-,8-,9-,10-,11-,12+,13+,14-,15-,16+,17+,18+,19-,20+,21+,22-,23-,24+/m0/s1. The van der Waals surface area contributed by atoms with Crippen molar-refractivity contribution in [1.82, 2.24) is 0 Å². The summed E-state index contributed by atoms with van der Waals surface area (Å²) in [6.45, 7) is 3.26. The lowest BCUT2D eigenvalue weighted by molar-refractivity contribution is -0.173. The van der Waals surface area contributed by atoms with Crippen LogP contribution in [0.2, 0.25) is 0 Å². The molecule has 0 N–H and O–H groups in total. The van der Waals surface area contributed by atoms with Gasteiger partial charge in [-0.3, -0.25) is 9.59 Å². The van der Waals surface area contributed by atoms with Crippen molar-refractivity contribution in [2.75, 3.05) is 0 Å². The smallest absolute Gasteiger partial charge is 0.303 e. The molecule has 4 nitrogen and oxygen atoms in total. The number of carbonyl (C=O) groups excluding carboxylic acids is 2. The highest BCUT2D eigenvalue weighted by molar-refractivity contribution is 9.11. The number of rotatable bonds is 2. The monoisotopic (exact) mass is 610 g/mol. The molecule has 0 amide bonds. The fraction of sp³-hybridized carbons (Fsp3) is 0.917. The van der Waals surface area contributed by atoms with Gasteiger partial charge in [0, 0.05) is 41.8 Å². The van der Waals surface area contributed by atoms with Gasteiger partial charge in [0.1, 0.15) is 11.2 Å². The van der Waals surface area contributed by atoms with E-state index in [1.807, 2.05) is 0 Å². The van der Waals surface area contributed by atoms with Crippen LogP contribution in [0.3, 0.4) is 0 Å². The Bertz CT molecular complexity index is 1180. The van der Waals surface area contributed by atoms with Crippen LogP contribution in [-0.2, 0) is 19.1 Å². The van der Waals surface area contributed by atoms with Gasteiger partial charge in [-0.2, -0.15) is 0 Å². The van der Waals surface area contributed by atoms with Crippen molar-refractivity contribution in [3.8, 4) is 0 Å². The lowest BCUT2D eigenvalue weighted by Gasteiger charge is -2.48. The van der Waals surface area contributed by atoms with Crippen LogP contribution in [0.1, 0.15) is 13.8 Å². The molecule has 12 saturated carbocycles. The Balaban J connectivity index is 1.35. The van der Waals surface area contributed by atoms with E-state index in [-0.39, 0.29) is 36.1 Å². The van der Waals surface area contributed by atoms with E-state index in [4.69, 9.17) is 9.47 Å². The molecule has 12 aliphatic carbocycles. The van der Waals surface area contributed by atoms with Crippen molar-refractivity contribution in [2.45, 2.75) is 38.0 Å². The molecular formula is C24H21Br3O4. The summed E-state index contributed by atoms with van der Waals surface area (Å²) in [7, 11) is 0. The molecule has 0 spiro atoms. The van der Waals surface area contributed by atoms with Crippen LogP contribution in [0.25, 0.3) is 0 Å². The summed E-state index contributed by atoms with van der Waals surface area (Å²) < 4.78 is 13.3. The molecule has 12 aliphatic rings. The van der Waals surface area contributed by atoms with Gasteiger partial charge in [0.25, 0.3) is 0 Å². The largest absolute Gasteiger partial charge is 0.457 e. The lowest BCUT2D eigenvalue weighted by atomic mass is 9.72. The summed E-state index contributed by atoms with van der Waals surface area (Å²) in [6.07, 6.45) is 0. The Morgan fingerprint density at radius 1 is 0.581 bits per heavy atom. The topological polar surface area (TPSA) is 52.6 Å². The highest BCUT2D eigenvalue weighted by Crippen LogP contribution is 3.08. The third-order valence-corrected chi connectivity index (χ3v) is 19.0. The van der Waals surface area contributed by atoms with Crippen LogP contribution in [0.4, 0.5) is 0 Å². The minimum Gasteiger partial charge on any atom is -0.457 e. The molecule has 162 valence electrons. The maximum Gasteiger partial charge on any atom is 0.303 e. The SMILES string of the molecule is CC(=O)O[C@@]12[C@@H]3[C@H]4[C@@H]5[C@@H]6[C@H]7[C@H]8[C@@H]([C@@H]9[C@H]1[C@@H]1[C@@H]3[C@H]5[C@@]3(OC(C)=O)[C@@H]1[C@]9(Br)[C@@H]8[C@@]63Br)[C@]2(Br)[C@H]74. The summed E-state index contributed by atoms with van der Waals surface area (Å²) in [6, 6.07) is 0. The van der Waals surface area contributed by atoms with Crippen LogP contribution < -0.4 is 0 Å². The van der Waals surface area contributed by atoms with E-state index >= 15 is 0 Å². The predicted molar refractivity (Wildman–Crippen MR) is 116 cm³/mol. The number of esters is 2. The predicted octanol–water partition coefficient (Wildman–Crippen LogP) is 3.38. The van der Waals surface area contributed by atoms with E-state index in [0.717, 1.165) is 0 Å². The van der Waals surface area contributed by atoms with Crippen LogP contribution in [0, 0.1) is 88.8 Å². The Morgan fingerprint density at radius 2 is 1.10 bits per heavy atom. The molecular weight excluding hydrogens is 592 g/mol. The van der Waals surface area contributed by atoms with E-state index in [1.165, 1.54) is 0 Å². The third kappa shape index (κ3) is 0.928. The lowest BCUT2D eigenvalue weighted by Crippen LogP contribution is -2.59. The molecule has 0 radical (unpaired) electrons. The molecule has 12 rings (SSSR count). The fourth-order valence-corrected chi connectivity index (χ4v) is 21.9. The Kier molecular flexibility index (Phi) is 2.06. The van der Waals surface area contributed by atoms with Crippen molar-refractivity contribution < 1.29 is 19.1 Å². The van der Waals surface area contributed by atoms with Gasteiger partial charge < -0.3 is 9.47 Å². The van der Waals surface area contributed by atoms with Crippen molar-refractivity contribution in [1.29, 1.82) is 0 Å². The minimum absolute atomic E-state index is 0.0165. The molecule has 12 fully saturated rings. The molecule has 0 aromatic heterocycles. The average Bonchev–Trinajstić information content (AvgIpc) is 3.45. The molecule has 0 bridgehead atoms. The van der Waals surface area contributed by atoms with E-state index < -0.39 is 0 Å². The zero-order valence-corrected chi connectivity index (χ0v) is 21.7. The fourth-order valence-electron chi connectivity index (χ4n) is 16.0. The number of carbonyl (C=O) groups is 2. The van der Waals surface area contributed by atoms with Gasteiger partial charge in [-0.1, -0.05) is 47.8 Å². The Labute approximate surface area is 204 Å². The quantitative estimate of drug-likeness (QED) is 0.355. The first-order chi connectivity index (χ1) is 14.7. The van der Waals surface area contributed by atoms with Crippen molar-refractivity contribution in [2.24, 2.45) is 88.8 Å². The summed E-state index contributed by atoms with van der Waals surface area (Å²) in [4.78, 5) is 25.3.